The molecule has 0 aromatic rings. The Hall–Kier alpha value is -0.520. The molecule has 14 unspecified atom stereocenters. The molecule has 0 spiro atoms. The van der Waals surface area contributed by atoms with Crippen LogP contribution in [0.15, 0.2) is 0 Å². The average molecular weight is 494 g/mol. The Morgan fingerprint density at radius 1 is 0.912 bits per heavy atom. The monoisotopic (exact) mass is 493 g/mol. The third-order valence-electron chi connectivity index (χ3n) is 7.42. The van der Waals surface area contributed by atoms with Crippen molar-refractivity contribution in [2.75, 3.05) is 14.1 Å². The molecule has 34 heavy (non-hydrogen) atoms. The molecule has 0 aromatic carbocycles. The Balaban J connectivity index is 1.71. The third-order valence-corrected chi connectivity index (χ3v) is 7.42. The van der Waals surface area contributed by atoms with Crippen LogP contribution in [0.5, 0.6) is 0 Å². The van der Waals surface area contributed by atoms with Gasteiger partial charge in [0.1, 0.15) is 30.0 Å². The van der Waals surface area contributed by atoms with E-state index in [-0.39, 0.29) is 18.6 Å². The summed E-state index contributed by atoms with van der Waals surface area (Å²) in [6.07, 6.45) is -6.80. The maximum absolute atomic E-state index is 11.1. The first-order chi connectivity index (χ1) is 15.9. The second-order valence-corrected chi connectivity index (χ2v) is 9.96. The molecule has 13 heteroatoms. The van der Waals surface area contributed by atoms with Gasteiger partial charge in [-0.2, -0.15) is 0 Å². The van der Waals surface area contributed by atoms with Crippen LogP contribution in [-0.4, -0.2) is 120 Å². The number of nitrogens with two attached hydrogens (primary N) is 3. The molecule has 0 bridgehead atoms. The quantitative estimate of drug-likeness (QED) is 0.165. The molecule has 3 rings (SSSR count). The lowest BCUT2D eigenvalue weighted by molar-refractivity contribution is -0.364. The maximum Gasteiger partial charge on any atom is 0.188 e. The number of likely N-dealkylation sites (N-methyl/N-ethyl adjacent to an activating group) is 2. The number of hydrogen-bond acceptors (Lipinski definition) is 13. The van der Waals surface area contributed by atoms with Crippen molar-refractivity contribution < 1.29 is 39.4 Å². The minimum absolute atomic E-state index is 0.0850. The number of rotatable bonds is 7. The van der Waals surface area contributed by atoms with Gasteiger partial charge in [0, 0.05) is 18.1 Å². The van der Waals surface area contributed by atoms with E-state index in [1.807, 2.05) is 14.0 Å². The van der Waals surface area contributed by atoms with Gasteiger partial charge in [-0.15, -0.1) is 0 Å². The van der Waals surface area contributed by atoms with Crippen molar-refractivity contribution in [3.05, 3.63) is 0 Å². The molecule has 0 amide bonds. The van der Waals surface area contributed by atoms with E-state index in [1.165, 1.54) is 14.0 Å². The molecule has 1 aliphatic carbocycles. The van der Waals surface area contributed by atoms with Crippen LogP contribution in [0.1, 0.15) is 33.1 Å². The van der Waals surface area contributed by atoms with Gasteiger partial charge in [-0.3, -0.25) is 0 Å². The van der Waals surface area contributed by atoms with E-state index in [9.17, 15) is 20.4 Å². The van der Waals surface area contributed by atoms with E-state index in [1.54, 1.807) is 0 Å². The fraction of sp³-hybridized carbons (Fsp3) is 1.00. The molecule has 13 nitrogen and oxygen atoms in total. The van der Waals surface area contributed by atoms with Gasteiger partial charge in [0.05, 0.1) is 18.2 Å². The first-order valence-corrected chi connectivity index (χ1v) is 11.9. The normalized spacial score (nSPS) is 51.3. The highest BCUT2D eigenvalue weighted by Crippen LogP contribution is 2.33. The lowest BCUT2D eigenvalue weighted by Crippen LogP contribution is -2.71. The van der Waals surface area contributed by atoms with E-state index >= 15 is 0 Å². The molecular weight excluding hydrogens is 450 g/mol. The molecule has 14 atom stereocenters. The van der Waals surface area contributed by atoms with E-state index in [0.717, 1.165) is 6.42 Å². The van der Waals surface area contributed by atoms with Crippen LogP contribution in [0, 0.1) is 0 Å². The Bertz CT molecular complexity index is 663. The molecule has 2 aliphatic heterocycles. The molecule has 1 saturated carbocycles. The highest BCUT2D eigenvalue weighted by atomic mass is 16.8. The fourth-order valence-electron chi connectivity index (χ4n) is 5.05. The molecule has 0 aromatic heterocycles. The highest BCUT2D eigenvalue weighted by Gasteiger charge is 2.54. The Labute approximate surface area is 200 Å². The molecule has 2 heterocycles. The minimum Gasteiger partial charge on any atom is -0.388 e. The van der Waals surface area contributed by atoms with E-state index in [2.05, 4.69) is 10.6 Å². The number of aliphatic hydroxyl groups excluding tert-OH is 3. The van der Waals surface area contributed by atoms with Crippen LogP contribution in [0.3, 0.4) is 0 Å². The minimum atomic E-state index is -1.77. The van der Waals surface area contributed by atoms with Gasteiger partial charge in [-0.1, -0.05) is 0 Å². The second kappa shape index (κ2) is 11.3. The third kappa shape index (κ3) is 5.57. The van der Waals surface area contributed by atoms with Crippen molar-refractivity contribution in [1.82, 2.24) is 10.6 Å². The first kappa shape index (κ1) is 28.1. The van der Waals surface area contributed by atoms with Crippen LogP contribution >= 0.6 is 0 Å². The predicted octanol–water partition coefficient (Wildman–Crippen LogP) is -4.01. The lowest BCUT2D eigenvalue weighted by Gasteiger charge is -2.49. The van der Waals surface area contributed by atoms with Gasteiger partial charge in [0.2, 0.25) is 0 Å². The zero-order chi connectivity index (χ0) is 25.4. The van der Waals surface area contributed by atoms with Crippen molar-refractivity contribution in [3.8, 4) is 0 Å². The summed E-state index contributed by atoms with van der Waals surface area (Å²) in [6.45, 7) is 3.33. The highest BCUT2D eigenvalue weighted by molar-refractivity contribution is 5.02. The van der Waals surface area contributed by atoms with E-state index in [0.29, 0.717) is 6.42 Å². The van der Waals surface area contributed by atoms with Crippen molar-refractivity contribution in [2.45, 2.75) is 118 Å². The largest absolute Gasteiger partial charge is 0.388 e. The van der Waals surface area contributed by atoms with Crippen LogP contribution in [-0.2, 0) is 18.9 Å². The molecule has 3 fully saturated rings. The molecule has 0 radical (unpaired) electrons. The van der Waals surface area contributed by atoms with Gasteiger partial charge in [-0.25, -0.2) is 0 Å². The predicted molar refractivity (Wildman–Crippen MR) is 121 cm³/mol. The zero-order valence-corrected chi connectivity index (χ0v) is 20.3. The van der Waals surface area contributed by atoms with Crippen LogP contribution in [0.4, 0.5) is 0 Å². The van der Waals surface area contributed by atoms with Gasteiger partial charge < -0.3 is 67.2 Å². The van der Waals surface area contributed by atoms with Crippen molar-refractivity contribution in [1.29, 1.82) is 0 Å². The summed E-state index contributed by atoms with van der Waals surface area (Å²) >= 11 is 0. The van der Waals surface area contributed by atoms with Crippen LogP contribution in [0.2, 0.25) is 0 Å². The summed E-state index contributed by atoms with van der Waals surface area (Å²) in [6, 6.07) is -2.59. The molecule has 12 N–H and O–H groups in total. The topological polar surface area (TPSA) is 220 Å². The number of ether oxygens (including phenoxy) is 4. The average Bonchev–Trinajstić information content (AvgIpc) is 2.78. The Morgan fingerprint density at radius 3 is 2.06 bits per heavy atom. The number of nitrogens with one attached hydrogen (secondary N) is 2. The molecular formula is C21H43N5O8. The Morgan fingerprint density at radius 2 is 1.50 bits per heavy atom. The van der Waals surface area contributed by atoms with Gasteiger partial charge in [-0.05, 0) is 47.2 Å². The van der Waals surface area contributed by atoms with Gasteiger partial charge in [0.15, 0.2) is 18.9 Å². The SMILES string of the molecule is CNC(C)C1CCC(N)C(OC2C(N)CC(N)C(OC3OC(O)C(C)(O)C(NC)C3O)C2O)O1. The first-order valence-electron chi connectivity index (χ1n) is 11.9. The number of aliphatic hydroxyl groups is 4. The van der Waals surface area contributed by atoms with Crippen molar-refractivity contribution in [2.24, 2.45) is 17.2 Å². The smallest absolute Gasteiger partial charge is 0.188 e. The lowest BCUT2D eigenvalue weighted by atomic mass is 9.84. The summed E-state index contributed by atoms with van der Waals surface area (Å²) in [5, 5.41) is 48.5. The summed E-state index contributed by atoms with van der Waals surface area (Å²) in [5.41, 5.74) is 17.0. The van der Waals surface area contributed by atoms with Gasteiger partial charge >= 0.3 is 0 Å². The molecule has 2 saturated heterocycles. The summed E-state index contributed by atoms with van der Waals surface area (Å²) in [4.78, 5) is 0. The summed E-state index contributed by atoms with van der Waals surface area (Å²) < 4.78 is 23.3. The Kier molecular flexibility index (Phi) is 9.29. The van der Waals surface area contributed by atoms with Gasteiger partial charge in [0.25, 0.3) is 0 Å². The second-order valence-electron chi connectivity index (χ2n) is 9.96. The van der Waals surface area contributed by atoms with Crippen LogP contribution in [0.25, 0.3) is 0 Å². The fourth-order valence-corrected chi connectivity index (χ4v) is 5.05. The number of hydrogen-bond donors (Lipinski definition) is 9. The zero-order valence-electron chi connectivity index (χ0n) is 20.3. The molecule has 3 aliphatic rings. The standard InChI is InChI=1S/C21H43N5O8/c1-8(25-3)12-6-5-9(22)18(31-12)32-15-10(23)7-11(24)16(13(15)27)33-19-14(28)17(26-4)21(2,30)20(29)34-19/h8-20,25-30H,5-7,22-24H2,1-4H3. The van der Waals surface area contributed by atoms with E-state index in [4.69, 9.17) is 36.1 Å². The summed E-state index contributed by atoms with van der Waals surface area (Å²) in [7, 11) is 3.37. The van der Waals surface area contributed by atoms with Crippen LogP contribution < -0.4 is 27.8 Å². The van der Waals surface area contributed by atoms with E-state index < -0.39 is 73.1 Å². The maximum atomic E-state index is 11.1. The van der Waals surface area contributed by atoms with Crippen molar-refractivity contribution >= 4 is 0 Å². The summed E-state index contributed by atoms with van der Waals surface area (Å²) in [5.74, 6) is 0. The molecule has 200 valence electrons. The van der Waals surface area contributed by atoms with Crippen molar-refractivity contribution in [3.63, 3.8) is 0 Å².